The minimum absolute atomic E-state index is 0.0711. The lowest BCUT2D eigenvalue weighted by atomic mass is 10.0. The lowest BCUT2D eigenvalue weighted by Crippen LogP contribution is -2.12. The van der Waals surface area contributed by atoms with Crippen LogP contribution in [0.2, 0.25) is 0 Å². The molecule has 5 heteroatoms. The number of ether oxygens (including phenoxy) is 2. The van der Waals surface area contributed by atoms with Crippen molar-refractivity contribution in [3.05, 3.63) is 23.9 Å². The number of ketones is 1. The number of Topliss-reactive ketones (excluding diaryl/α,β-unsaturated/α-hetero) is 1. The van der Waals surface area contributed by atoms with E-state index in [9.17, 15) is 4.79 Å². The van der Waals surface area contributed by atoms with E-state index >= 15 is 0 Å². The normalized spacial score (nSPS) is 12.7. The molecule has 0 fully saturated rings. The maximum absolute atomic E-state index is 12.1. The molecule has 0 radical (unpaired) electrons. The molecule has 1 rings (SSSR count). The van der Waals surface area contributed by atoms with Gasteiger partial charge < -0.3 is 9.47 Å². The first-order valence-corrected chi connectivity index (χ1v) is 9.20. The summed E-state index contributed by atoms with van der Waals surface area (Å²) in [5.74, 6) is 2.59. The van der Waals surface area contributed by atoms with Crippen molar-refractivity contribution >= 4 is 17.5 Å². The largest absolute Gasteiger partial charge is 0.475 e. The SMILES string of the molecule is COCCOc1ccc(C(CC(=O)C(C)C)SCC(C)C)cn1. The van der Waals surface area contributed by atoms with Crippen molar-refractivity contribution in [3.63, 3.8) is 0 Å². The standard InChI is InChI=1S/C18H29NO3S/c1-13(2)12-23-17(10-16(20)14(3)4)15-6-7-18(19-11-15)22-9-8-21-5/h6-7,11,13-14,17H,8-10,12H2,1-5H3. The van der Waals surface area contributed by atoms with Crippen LogP contribution >= 0.6 is 11.8 Å². The molecule has 1 atom stereocenters. The monoisotopic (exact) mass is 339 g/mol. The van der Waals surface area contributed by atoms with Gasteiger partial charge in [0.25, 0.3) is 0 Å². The smallest absolute Gasteiger partial charge is 0.213 e. The average molecular weight is 340 g/mol. The summed E-state index contributed by atoms with van der Waals surface area (Å²) in [5.41, 5.74) is 1.09. The van der Waals surface area contributed by atoms with Gasteiger partial charge in [-0.2, -0.15) is 11.8 Å². The summed E-state index contributed by atoms with van der Waals surface area (Å²) in [7, 11) is 1.64. The minimum Gasteiger partial charge on any atom is -0.475 e. The number of aromatic nitrogens is 1. The molecule has 0 aliphatic carbocycles. The molecule has 4 nitrogen and oxygen atoms in total. The molecule has 0 N–H and O–H groups in total. The lowest BCUT2D eigenvalue weighted by molar-refractivity contribution is -0.121. The van der Waals surface area contributed by atoms with E-state index in [1.807, 2.05) is 43.9 Å². The average Bonchev–Trinajstić information content (AvgIpc) is 2.52. The Morgan fingerprint density at radius 2 is 1.96 bits per heavy atom. The number of methoxy groups -OCH3 is 1. The quantitative estimate of drug-likeness (QED) is 0.567. The lowest BCUT2D eigenvalue weighted by Gasteiger charge is -2.18. The zero-order valence-electron chi connectivity index (χ0n) is 14.9. The predicted molar refractivity (Wildman–Crippen MR) is 96.1 cm³/mol. The first kappa shape index (κ1) is 20.0. The van der Waals surface area contributed by atoms with Crippen molar-refractivity contribution in [2.75, 3.05) is 26.1 Å². The van der Waals surface area contributed by atoms with Gasteiger partial charge in [-0.05, 0) is 17.2 Å². The van der Waals surface area contributed by atoms with Gasteiger partial charge in [0, 0.05) is 37.0 Å². The summed E-state index contributed by atoms with van der Waals surface area (Å²) in [6.45, 7) is 9.33. The summed E-state index contributed by atoms with van der Waals surface area (Å²) in [4.78, 5) is 16.5. The van der Waals surface area contributed by atoms with Gasteiger partial charge in [-0.25, -0.2) is 4.98 Å². The molecule has 0 aliphatic rings. The fraction of sp³-hybridized carbons (Fsp3) is 0.667. The van der Waals surface area contributed by atoms with Crippen molar-refractivity contribution in [1.29, 1.82) is 0 Å². The van der Waals surface area contributed by atoms with E-state index in [2.05, 4.69) is 18.8 Å². The molecule has 1 unspecified atom stereocenters. The summed E-state index contributed by atoms with van der Waals surface area (Å²) < 4.78 is 10.4. The highest BCUT2D eigenvalue weighted by molar-refractivity contribution is 7.99. The summed E-state index contributed by atoms with van der Waals surface area (Å²) in [5, 5.41) is 0.160. The van der Waals surface area contributed by atoms with Gasteiger partial charge in [-0.1, -0.05) is 33.8 Å². The Morgan fingerprint density at radius 3 is 2.48 bits per heavy atom. The Bertz CT molecular complexity index is 460. The van der Waals surface area contributed by atoms with Crippen molar-refractivity contribution in [1.82, 2.24) is 4.98 Å². The zero-order chi connectivity index (χ0) is 17.2. The van der Waals surface area contributed by atoms with Crippen LogP contribution in [0.15, 0.2) is 18.3 Å². The number of hydrogen-bond acceptors (Lipinski definition) is 5. The first-order valence-electron chi connectivity index (χ1n) is 8.16. The summed E-state index contributed by atoms with van der Waals surface area (Å²) in [6, 6.07) is 3.88. The van der Waals surface area contributed by atoms with Crippen LogP contribution in [0.1, 0.15) is 44.9 Å². The second-order valence-electron chi connectivity index (χ2n) is 6.31. The van der Waals surface area contributed by atoms with Gasteiger partial charge >= 0.3 is 0 Å². The molecule has 0 spiro atoms. The third-order valence-corrected chi connectivity index (χ3v) is 5.03. The van der Waals surface area contributed by atoms with E-state index in [1.165, 1.54) is 0 Å². The Balaban J connectivity index is 2.73. The molecule has 0 aromatic carbocycles. The van der Waals surface area contributed by atoms with Crippen molar-refractivity contribution < 1.29 is 14.3 Å². The number of carbonyl (C=O) groups excluding carboxylic acids is 1. The van der Waals surface area contributed by atoms with Crippen LogP contribution < -0.4 is 4.74 Å². The van der Waals surface area contributed by atoms with Crippen molar-refractivity contribution in [2.45, 2.75) is 39.4 Å². The van der Waals surface area contributed by atoms with Gasteiger partial charge in [0.15, 0.2) is 0 Å². The maximum Gasteiger partial charge on any atom is 0.213 e. The molecule has 1 heterocycles. The molecule has 0 aliphatic heterocycles. The Hall–Kier alpha value is -1.07. The van der Waals surface area contributed by atoms with Crippen LogP contribution in [0.4, 0.5) is 0 Å². The number of carbonyl (C=O) groups is 1. The molecule has 0 bridgehead atoms. The third-order valence-electron chi connectivity index (χ3n) is 3.33. The number of hydrogen-bond donors (Lipinski definition) is 0. The van der Waals surface area contributed by atoms with Crippen LogP contribution in [-0.4, -0.2) is 36.8 Å². The van der Waals surface area contributed by atoms with Crippen LogP contribution in [0.25, 0.3) is 0 Å². The highest BCUT2D eigenvalue weighted by Gasteiger charge is 2.19. The number of rotatable bonds is 11. The van der Waals surface area contributed by atoms with Gasteiger partial charge in [-0.3, -0.25) is 4.79 Å². The highest BCUT2D eigenvalue weighted by atomic mass is 32.2. The molecular formula is C18H29NO3S. The molecule has 0 saturated heterocycles. The topological polar surface area (TPSA) is 48.4 Å². The number of pyridine rings is 1. The van der Waals surface area contributed by atoms with Crippen LogP contribution in [0, 0.1) is 11.8 Å². The highest BCUT2D eigenvalue weighted by Crippen LogP contribution is 2.34. The first-order chi connectivity index (χ1) is 10.9. The summed E-state index contributed by atoms with van der Waals surface area (Å²) in [6.07, 6.45) is 2.38. The van der Waals surface area contributed by atoms with E-state index < -0.39 is 0 Å². The molecule has 1 aromatic heterocycles. The van der Waals surface area contributed by atoms with Crippen molar-refractivity contribution in [3.8, 4) is 5.88 Å². The Kier molecular flexibility index (Phi) is 9.26. The van der Waals surface area contributed by atoms with Gasteiger partial charge in [0.1, 0.15) is 12.4 Å². The fourth-order valence-electron chi connectivity index (χ4n) is 1.90. The zero-order valence-corrected chi connectivity index (χ0v) is 15.7. The van der Waals surface area contributed by atoms with Crippen LogP contribution in [0.5, 0.6) is 5.88 Å². The molecule has 0 amide bonds. The second-order valence-corrected chi connectivity index (χ2v) is 7.55. The maximum atomic E-state index is 12.1. The predicted octanol–water partition coefficient (Wildman–Crippen LogP) is 4.15. The number of nitrogens with zero attached hydrogens (tertiary/aromatic N) is 1. The molecular weight excluding hydrogens is 310 g/mol. The minimum atomic E-state index is 0.0711. The van der Waals surface area contributed by atoms with Crippen molar-refractivity contribution in [2.24, 2.45) is 11.8 Å². The molecule has 0 saturated carbocycles. The summed E-state index contributed by atoms with van der Waals surface area (Å²) >= 11 is 1.83. The van der Waals surface area contributed by atoms with Crippen LogP contribution in [0.3, 0.4) is 0 Å². The molecule has 1 aromatic rings. The van der Waals surface area contributed by atoms with E-state index in [4.69, 9.17) is 9.47 Å². The fourth-order valence-corrected chi connectivity index (χ4v) is 3.13. The van der Waals surface area contributed by atoms with Crippen LogP contribution in [-0.2, 0) is 9.53 Å². The van der Waals surface area contributed by atoms with E-state index in [-0.39, 0.29) is 11.2 Å². The van der Waals surface area contributed by atoms with E-state index in [0.717, 1.165) is 11.3 Å². The number of thioether (sulfide) groups is 1. The Labute approximate surface area is 144 Å². The van der Waals surface area contributed by atoms with Gasteiger partial charge in [0.05, 0.1) is 6.61 Å². The Morgan fingerprint density at radius 1 is 1.22 bits per heavy atom. The third kappa shape index (κ3) is 7.84. The molecule has 23 heavy (non-hydrogen) atoms. The molecule has 130 valence electrons. The van der Waals surface area contributed by atoms with Gasteiger partial charge in [-0.15, -0.1) is 0 Å². The van der Waals surface area contributed by atoms with E-state index in [0.29, 0.717) is 37.2 Å². The van der Waals surface area contributed by atoms with Gasteiger partial charge in [0.2, 0.25) is 5.88 Å². The second kappa shape index (κ2) is 10.7. The van der Waals surface area contributed by atoms with E-state index in [1.54, 1.807) is 7.11 Å².